The second-order valence-electron chi connectivity index (χ2n) is 4.08. The highest BCUT2D eigenvalue weighted by atomic mass is 16.1. The van der Waals surface area contributed by atoms with Gasteiger partial charge in [0.1, 0.15) is 5.82 Å². The highest BCUT2D eigenvalue weighted by molar-refractivity contribution is 5.80. The molecule has 1 aliphatic heterocycles. The van der Waals surface area contributed by atoms with Gasteiger partial charge in [-0.25, -0.2) is 4.98 Å². The van der Waals surface area contributed by atoms with E-state index in [2.05, 4.69) is 9.88 Å². The van der Waals surface area contributed by atoms with Crippen LogP contribution in [-0.2, 0) is 11.3 Å². The molecule has 1 aromatic rings. The number of carbonyl (C=O) groups is 1. The number of anilines is 1. The van der Waals surface area contributed by atoms with Crippen LogP contribution >= 0.6 is 0 Å². The molecule has 1 saturated heterocycles. The number of aromatic nitrogens is 1. The Morgan fingerprint density at radius 2 is 2.44 bits per heavy atom. The van der Waals surface area contributed by atoms with Gasteiger partial charge in [-0.1, -0.05) is 6.07 Å². The number of carbonyl (C=O) groups excluding carboxylic acids is 1. The van der Waals surface area contributed by atoms with E-state index in [1.54, 1.807) is 6.20 Å². The SMILES string of the molecule is NC(=O)[C@@H]1CCCN1Cc1cccnc1N. The van der Waals surface area contributed by atoms with Gasteiger partial charge in [0.15, 0.2) is 0 Å². The molecule has 0 aliphatic carbocycles. The third kappa shape index (κ3) is 2.14. The smallest absolute Gasteiger partial charge is 0.234 e. The molecule has 0 saturated carbocycles. The third-order valence-corrected chi connectivity index (χ3v) is 2.99. The van der Waals surface area contributed by atoms with Crippen LogP contribution in [0.1, 0.15) is 18.4 Å². The molecule has 5 heteroatoms. The Balaban J connectivity index is 2.10. The number of nitrogens with zero attached hydrogens (tertiary/aromatic N) is 2. The first kappa shape index (κ1) is 10.9. The Morgan fingerprint density at radius 3 is 3.12 bits per heavy atom. The standard InChI is InChI=1S/C11H16N4O/c12-10-8(3-1-5-14-10)7-15-6-2-4-9(15)11(13)16/h1,3,5,9H,2,4,6-7H2,(H2,12,14)(H2,13,16)/t9-/m0/s1. The number of hydrogen-bond donors (Lipinski definition) is 2. The molecule has 2 rings (SSSR count). The molecular weight excluding hydrogens is 204 g/mol. The summed E-state index contributed by atoms with van der Waals surface area (Å²) in [6.07, 6.45) is 3.51. The molecule has 1 fully saturated rings. The van der Waals surface area contributed by atoms with E-state index >= 15 is 0 Å². The number of rotatable bonds is 3. The summed E-state index contributed by atoms with van der Waals surface area (Å²) in [5, 5.41) is 0. The summed E-state index contributed by atoms with van der Waals surface area (Å²) in [5.41, 5.74) is 12.1. The fourth-order valence-electron chi connectivity index (χ4n) is 2.14. The van der Waals surface area contributed by atoms with Crippen molar-refractivity contribution in [3.05, 3.63) is 23.9 Å². The van der Waals surface area contributed by atoms with Crippen LogP contribution in [0.15, 0.2) is 18.3 Å². The summed E-state index contributed by atoms with van der Waals surface area (Å²) in [4.78, 5) is 17.3. The molecule has 0 unspecified atom stereocenters. The maximum atomic E-state index is 11.2. The molecule has 86 valence electrons. The van der Waals surface area contributed by atoms with Gasteiger partial charge >= 0.3 is 0 Å². The summed E-state index contributed by atoms with van der Waals surface area (Å²) in [5.74, 6) is 0.276. The number of likely N-dealkylation sites (tertiary alicyclic amines) is 1. The first-order valence-electron chi connectivity index (χ1n) is 5.41. The predicted octanol–water partition coefficient (Wildman–Crippen LogP) is 0.113. The van der Waals surface area contributed by atoms with Crippen molar-refractivity contribution in [1.82, 2.24) is 9.88 Å². The molecule has 16 heavy (non-hydrogen) atoms. The van der Waals surface area contributed by atoms with Crippen LogP contribution in [0.25, 0.3) is 0 Å². The highest BCUT2D eigenvalue weighted by Gasteiger charge is 2.29. The number of nitrogens with two attached hydrogens (primary N) is 2. The van der Waals surface area contributed by atoms with Crippen molar-refractivity contribution in [2.45, 2.75) is 25.4 Å². The van der Waals surface area contributed by atoms with E-state index in [0.717, 1.165) is 24.9 Å². The zero-order valence-corrected chi connectivity index (χ0v) is 9.10. The summed E-state index contributed by atoms with van der Waals surface area (Å²) < 4.78 is 0. The van der Waals surface area contributed by atoms with E-state index in [4.69, 9.17) is 11.5 Å². The summed E-state index contributed by atoms with van der Waals surface area (Å²) >= 11 is 0. The van der Waals surface area contributed by atoms with E-state index < -0.39 is 0 Å². The maximum absolute atomic E-state index is 11.2. The Hall–Kier alpha value is -1.62. The minimum Gasteiger partial charge on any atom is -0.383 e. The van der Waals surface area contributed by atoms with Crippen molar-refractivity contribution in [2.75, 3.05) is 12.3 Å². The van der Waals surface area contributed by atoms with E-state index in [-0.39, 0.29) is 11.9 Å². The molecule has 1 amide bonds. The molecule has 5 nitrogen and oxygen atoms in total. The minimum absolute atomic E-state index is 0.153. The number of hydrogen-bond acceptors (Lipinski definition) is 4. The molecule has 1 atom stereocenters. The van der Waals surface area contributed by atoms with Crippen LogP contribution in [0.4, 0.5) is 5.82 Å². The molecule has 1 aliphatic rings. The fourth-order valence-corrected chi connectivity index (χ4v) is 2.14. The second kappa shape index (κ2) is 4.49. The number of amides is 1. The normalized spacial score (nSPS) is 21.1. The van der Waals surface area contributed by atoms with E-state index in [1.165, 1.54) is 0 Å². The number of nitrogen functional groups attached to an aromatic ring is 1. The lowest BCUT2D eigenvalue weighted by Crippen LogP contribution is -2.39. The average molecular weight is 220 g/mol. The number of primary amides is 1. The average Bonchev–Trinajstić information content (AvgIpc) is 2.69. The molecule has 2 heterocycles. The molecule has 0 bridgehead atoms. The monoisotopic (exact) mass is 220 g/mol. The molecule has 0 radical (unpaired) electrons. The summed E-state index contributed by atoms with van der Waals surface area (Å²) in [6, 6.07) is 3.62. The minimum atomic E-state index is -0.250. The fraction of sp³-hybridized carbons (Fsp3) is 0.455. The first-order chi connectivity index (χ1) is 7.68. The van der Waals surface area contributed by atoms with Crippen molar-refractivity contribution >= 4 is 11.7 Å². The maximum Gasteiger partial charge on any atom is 0.234 e. The third-order valence-electron chi connectivity index (χ3n) is 2.99. The lowest BCUT2D eigenvalue weighted by atomic mass is 10.2. The summed E-state index contributed by atoms with van der Waals surface area (Å²) in [6.45, 7) is 1.54. The Morgan fingerprint density at radius 1 is 1.62 bits per heavy atom. The van der Waals surface area contributed by atoms with Crippen molar-refractivity contribution in [2.24, 2.45) is 5.73 Å². The van der Waals surface area contributed by atoms with E-state index in [0.29, 0.717) is 12.4 Å². The molecule has 1 aromatic heterocycles. The van der Waals surface area contributed by atoms with Gasteiger partial charge in [-0.2, -0.15) is 0 Å². The van der Waals surface area contributed by atoms with E-state index in [1.807, 2.05) is 12.1 Å². The largest absolute Gasteiger partial charge is 0.383 e. The molecular formula is C11H16N4O. The molecule has 4 N–H and O–H groups in total. The molecule has 0 aromatic carbocycles. The predicted molar refractivity (Wildman–Crippen MR) is 61.3 cm³/mol. The summed E-state index contributed by atoms with van der Waals surface area (Å²) in [7, 11) is 0. The van der Waals surface area contributed by atoms with Gasteiger partial charge in [-0.3, -0.25) is 9.69 Å². The Kier molecular flexibility index (Phi) is 3.05. The molecule has 0 spiro atoms. The van der Waals surface area contributed by atoms with Crippen LogP contribution in [0.5, 0.6) is 0 Å². The van der Waals surface area contributed by atoms with E-state index in [9.17, 15) is 4.79 Å². The second-order valence-corrected chi connectivity index (χ2v) is 4.08. The van der Waals surface area contributed by atoms with Crippen LogP contribution in [-0.4, -0.2) is 28.4 Å². The van der Waals surface area contributed by atoms with Crippen LogP contribution in [0.3, 0.4) is 0 Å². The van der Waals surface area contributed by atoms with Gasteiger partial charge in [-0.15, -0.1) is 0 Å². The highest BCUT2D eigenvalue weighted by Crippen LogP contribution is 2.21. The quantitative estimate of drug-likeness (QED) is 0.757. The van der Waals surface area contributed by atoms with Gasteiger partial charge in [-0.05, 0) is 25.5 Å². The first-order valence-corrected chi connectivity index (χ1v) is 5.41. The van der Waals surface area contributed by atoms with Crippen molar-refractivity contribution in [1.29, 1.82) is 0 Å². The number of pyridine rings is 1. The zero-order valence-electron chi connectivity index (χ0n) is 9.10. The Labute approximate surface area is 94.4 Å². The van der Waals surface area contributed by atoms with Gasteiger partial charge in [0, 0.05) is 18.3 Å². The van der Waals surface area contributed by atoms with Gasteiger partial charge in [0.25, 0.3) is 0 Å². The van der Waals surface area contributed by atoms with Gasteiger partial charge in [0.05, 0.1) is 6.04 Å². The Bertz CT molecular complexity index is 393. The van der Waals surface area contributed by atoms with Crippen LogP contribution < -0.4 is 11.5 Å². The van der Waals surface area contributed by atoms with Gasteiger partial charge < -0.3 is 11.5 Å². The van der Waals surface area contributed by atoms with Gasteiger partial charge in [0.2, 0.25) is 5.91 Å². The van der Waals surface area contributed by atoms with Crippen LogP contribution in [0.2, 0.25) is 0 Å². The topological polar surface area (TPSA) is 85.2 Å². The lowest BCUT2D eigenvalue weighted by Gasteiger charge is -2.22. The van der Waals surface area contributed by atoms with Crippen molar-refractivity contribution in [3.8, 4) is 0 Å². The van der Waals surface area contributed by atoms with Crippen LogP contribution in [0, 0.1) is 0 Å². The zero-order chi connectivity index (χ0) is 11.5. The van der Waals surface area contributed by atoms with Crippen molar-refractivity contribution in [3.63, 3.8) is 0 Å². The van der Waals surface area contributed by atoms with Crippen molar-refractivity contribution < 1.29 is 4.79 Å². The lowest BCUT2D eigenvalue weighted by molar-refractivity contribution is -0.122.